The molecule has 68 valence electrons. The van der Waals surface area contributed by atoms with Crippen LogP contribution in [-0.2, 0) is 0 Å². The average molecular weight is 258 g/mol. The maximum absolute atomic E-state index is 5.79. The maximum Gasteiger partial charge on any atom is 0.160 e. The van der Waals surface area contributed by atoms with Gasteiger partial charge in [-0.2, -0.15) is 0 Å². The van der Waals surface area contributed by atoms with E-state index in [-0.39, 0.29) is 0 Å². The second kappa shape index (κ2) is 3.20. The predicted molar refractivity (Wildman–Crippen MR) is 60.5 cm³/mol. The number of hydrogen-bond acceptors (Lipinski definition) is 3. The Hall–Kier alpha value is -0.740. The third kappa shape index (κ3) is 1.40. The Labute approximate surface area is 88.4 Å². The molecule has 0 saturated heterocycles. The minimum absolute atomic E-state index is 0.732. The van der Waals surface area contributed by atoms with Crippen LogP contribution in [0.15, 0.2) is 22.7 Å². The number of thiophene rings is 1. The van der Waals surface area contributed by atoms with E-state index >= 15 is 0 Å². The lowest BCUT2D eigenvalue weighted by molar-refractivity contribution is 0.423. The molecule has 2 aromatic rings. The van der Waals surface area contributed by atoms with E-state index in [2.05, 4.69) is 15.9 Å². The van der Waals surface area contributed by atoms with E-state index < -0.39 is 0 Å². The van der Waals surface area contributed by atoms with Crippen molar-refractivity contribution in [3.63, 3.8) is 0 Å². The quantitative estimate of drug-likeness (QED) is 0.852. The molecule has 0 fully saturated rings. The van der Waals surface area contributed by atoms with Gasteiger partial charge < -0.3 is 10.5 Å². The van der Waals surface area contributed by atoms with Crippen molar-refractivity contribution >= 4 is 42.4 Å². The van der Waals surface area contributed by atoms with Crippen LogP contribution in [0.4, 0.5) is 5.00 Å². The van der Waals surface area contributed by atoms with Crippen LogP contribution in [0.2, 0.25) is 0 Å². The van der Waals surface area contributed by atoms with E-state index in [9.17, 15) is 0 Å². The summed E-state index contributed by atoms with van der Waals surface area (Å²) >= 11 is 4.95. The van der Waals surface area contributed by atoms with Crippen molar-refractivity contribution < 1.29 is 4.74 Å². The molecule has 0 aliphatic rings. The molecule has 0 spiro atoms. The second-order valence-electron chi connectivity index (χ2n) is 2.64. The van der Waals surface area contributed by atoms with E-state index in [4.69, 9.17) is 10.5 Å². The largest absolute Gasteiger partial charge is 0.493 e. The van der Waals surface area contributed by atoms with Crippen LogP contribution in [0.25, 0.3) is 10.1 Å². The minimum atomic E-state index is 0.732. The summed E-state index contributed by atoms with van der Waals surface area (Å²) in [7, 11) is 1.64. The summed E-state index contributed by atoms with van der Waals surface area (Å²) in [6.45, 7) is 0. The first-order valence-corrected chi connectivity index (χ1v) is 5.35. The van der Waals surface area contributed by atoms with Crippen LogP contribution < -0.4 is 10.5 Å². The van der Waals surface area contributed by atoms with Crippen LogP contribution in [0.3, 0.4) is 0 Å². The molecule has 1 aromatic carbocycles. The lowest BCUT2D eigenvalue weighted by Crippen LogP contribution is -1.86. The number of nitrogen functional groups attached to an aromatic ring is 1. The van der Waals surface area contributed by atoms with E-state index in [0.717, 1.165) is 25.3 Å². The van der Waals surface area contributed by atoms with Crippen LogP contribution in [0.1, 0.15) is 0 Å². The Morgan fingerprint density at radius 1 is 1.46 bits per heavy atom. The van der Waals surface area contributed by atoms with Crippen LogP contribution >= 0.6 is 27.3 Å². The number of hydrogen-bond donors (Lipinski definition) is 1. The lowest BCUT2D eigenvalue weighted by Gasteiger charge is -1.97. The molecule has 0 aliphatic heterocycles. The van der Waals surface area contributed by atoms with E-state index in [0.29, 0.717) is 0 Å². The molecule has 1 aromatic heterocycles. The zero-order chi connectivity index (χ0) is 9.42. The second-order valence-corrected chi connectivity index (χ2v) is 4.64. The number of halogens is 1. The first-order chi connectivity index (χ1) is 6.22. The van der Waals surface area contributed by atoms with Gasteiger partial charge in [0.05, 0.1) is 7.11 Å². The van der Waals surface area contributed by atoms with Crippen molar-refractivity contribution in [2.24, 2.45) is 0 Å². The molecular formula is C9H8BrNOS. The van der Waals surface area contributed by atoms with Crippen LogP contribution in [0, 0.1) is 0 Å². The molecule has 0 unspecified atom stereocenters. The molecule has 2 rings (SSSR count). The number of ether oxygens (including phenoxy) is 1. The Morgan fingerprint density at radius 3 is 2.92 bits per heavy atom. The van der Waals surface area contributed by atoms with Gasteiger partial charge >= 0.3 is 0 Å². The lowest BCUT2D eigenvalue weighted by atomic mass is 10.2. The fourth-order valence-corrected chi connectivity index (χ4v) is 2.77. The van der Waals surface area contributed by atoms with Gasteiger partial charge in [0, 0.05) is 14.6 Å². The number of fused-ring (bicyclic) bond motifs is 1. The summed E-state index contributed by atoms with van der Waals surface area (Å²) in [5.41, 5.74) is 5.79. The topological polar surface area (TPSA) is 35.2 Å². The highest BCUT2D eigenvalue weighted by Gasteiger charge is 2.09. The molecule has 0 aliphatic carbocycles. The third-order valence-electron chi connectivity index (χ3n) is 1.84. The van der Waals surface area contributed by atoms with Crippen molar-refractivity contribution in [1.82, 2.24) is 0 Å². The van der Waals surface area contributed by atoms with Gasteiger partial charge in [-0.1, -0.05) is 15.9 Å². The molecule has 1 heterocycles. The summed E-state index contributed by atoms with van der Waals surface area (Å²) in [5.74, 6) is 0.785. The number of benzene rings is 1. The minimum Gasteiger partial charge on any atom is -0.493 e. The number of nitrogens with two attached hydrogens (primary N) is 1. The van der Waals surface area contributed by atoms with Gasteiger partial charge in [-0.3, -0.25) is 0 Å². The Bertz CT molecular complexity index is 452. The fourth-order valence-electron chi connectivity index (χ4n) is 1.28. The van der Waals surface area contributed by atoms with Gasteiger partial charge in [-0.15, -0.1) is 11.3 Å². The molecular weight excluding hydrogens is 250 g/mol. The van der Waals surface area contributed by atoms with Gasteiger partial charge in [0.2, 0.25) is 0 Å². The van der Waals surface area contributed by atoms with Gasteiger partial charge in [-0.25, -0.2) is 0 Å². The standard InChI is InChI=1S/C9H8BrNOS/c1-12-8-6-3-2-5(10)4-7(6)13-9(8)11/h2-4H,11H2,1H3. The zero-order valence-electron chi connectivity index (χ0n) is 7.00. The van der Waals surface area contributed by atoms with Crippen molar-refractivity contribution in [1.29, 1.82) is 0 Å². The summed E-state index contributed by atoms with van der Waals surface area (Å²) < 4.78 is 7.41. The Kier molecular flexibility index (Phi) is 2.17. The highest BCUT2D eigenvalue weighted by atomic mass is 79.9. The Balaban J connectivity index is 2.79. The smallest absolute Gasteiger partial charge is 0.160 e. The molecule has 0 bridgehead atoms. The number of rotatable bonds is 1. The van der Waals surface area contributed by atoms with Gasteiger partial charge in [0.25, 0.3) is 0 Å². The molecule has 0 radical (unpaired) electrons. The number of anilines is 1. The molecule has 4 heteroatoms. The first-order valence-electron chi connectivity index (χ1n) is 3.74. The van der Waals surface area contributed by atoms with Crippen molar-refractivity contribution in [3.05, 3.63) is 22.7 Å². The molecule has 0 atom stereocenters. The molecule has 2 nitrogen and oxygen atoms in total. The third-order valence-corrected chi connectivity index (χ3v) is 3.29. The van der Waals surface area contributed by atoms with Crippen LogP contribution in [-0.4, -0.2) is 7.11 Å². The van der Waals surface area contributed by atoms with Crippen LogP contribution in [0.5, 0.6) is 5.75 Å². The van der Waals surface area contributed by atoms with Crippen molar-refractivity contribution in [2.75, 3.05) is 12.8 Å². The van der Waals surface area contributed by atoms with E-state index in [1.54, 1.807) is 18.4 Å². The first kappa shape index (κ1) is 8.84. The average Bonchev–Trinajstić information content (AvgIpc) is 2.39. The SMILES string of the molecule is COc1c(N)sc2cc(Br)ccc12. The van der Waals surface area contributed by atoms with Gasteiger partial charge in [0.15, 0.2) is 5.75 Å². The maximum atomic E-state index is 5.79. The molecule has 0 amide bonds. The van der Waals surface area contributed by atoms with Crippen molar-refractivity contribution in [2.45, 2.75) is 0 Å². The molecule has 2 N–H and O–H groups in total. The van der Waals surface area contributed by atoms with Gasteiger partial charge in [0.1, 0.15) is 5.00 Å². The molecule has 0 saturated carbocycles. The molecule has 13 heavy (non-hydrogen) atoms. The number of methoxy groups -OCH3 is 1. The monoisotopic (exact) mass is 257 g/mol. The summed E-state index contributed by atoms with van der Waals surface area (Å²) in [6, 6.07) is 6.03. The van der Waals surface area contributed by atoms with Crippen molar-refractivity contribution in [3.8, 4) is 5.75 Å². The summed E-state index contributed by atoms with van der Waals surface area (Å²) in [6.07, 6.45) is 0. The van der Waals surface area contributed by atoms with Gasteiger partial charge in [-0.05, 0) is 18.2 Å². The summed E-state index contributed by atoms with van der Waals surface area (Å²) in [5, 5.41) is 1.81. The zero-order valence-corrected chi connectivity index (χ0v) is 9.41. The normalized spacial score (nSPS) is 10.6. The highest BCUT2D eigenvalue weighted by Crippen LogP contribution is 2.40. The fraction of sp³-hybridized carbons (Fsp3) is 0.111. The van der Waals surface area contributed by atoms with E-state index in [1.165, 1.54) is 0 Å². The van der Waals surface area contributed by atoms with E-state index in [1.807, 2.05) is 18.2 Å². The predicted octanol–water partition coefficient (Wildman–Crippen LogP) is 3.25. The Morgan fingerprint density at radius 2 is 2.23 bits per heavy atom. The summed E-state index contributed by atoms with van der Waals surface area (Å²) in [4.78, 5) is 0. The highest BCUT2D eigenvalue weighted by molar-refractivity contribution is 9.10.